The fourth-order valence-electron chi connectivity index (χ4n) is 0.398. The van der Waals surface area contributed by atoms with Crippen molar-refractivity contribution < 1.29 is 82.4 Å². The van der Waals surface area contributed by atoms with Crippen LogP contribution in [0.2, 0.25) is 0 Å². The van der Waals surface area contributed by atoms with E-state index < -0.39 is 11.8 Å². The largest absolute Gasteiger partial charge is 1.00 e. The second-order valence-corrected chi connectivity index (χ2v) is 2.34. The van der Waals surface area contributed by atoms with Gasteiger partial charge in [0.05, 0.1) is 0 Å². The molecule has 0 amide bonds. The van der Waals surface area contributed by atoms with Crippen LogP contribution in [0, 0.1) is 11.8 Å². The SMILES string of the molecule is Fc1cc(Br)cnc1F.[Cs+].[F-]. The fraction of sp³-hybridized carbons (Fsp3) is 0. The van der Waals surface area contributed by atoms with Crippen molar-refractivity contribution in [2.45, 2.75) is 0 Å². The Bertz CT molecular complexity index is 233. The average molecular weight is 346 g/mol. The van der Waals surface area contributed by atoms with Gasteiger partial charge in [0.15, 0.2) is 5.82 Å². The first kappa shape index (κ1) is 15.0. The molecule has 1 heterocycles. The maximum absolute atomic E-state index is 12.1. The van der Waals surface area contributed by atoms with Gasteiger partial charge in [0, 0.05) is 10.7 Å². The van der Waals surface area contributed by atoms with Crippen molar-refractivity contribution in [3.05, 3.63) is 28.5 Å². The topological polar surface area (TPSA) is 12.9 Å². The van der Waals surface area contributed by atoms with Gasteiger partial charge in [-0.1, -0.05) is 0 Å². The smallest absolute Gasteiger partial charge is 1.00 e. The minimum absolute atomic E-state index is 0. The third kappa shape index (κ3) is 4.91. The molecule has 0 aliphatic carbocycles. The third-order valence-corrected chi connectivity index (χ3v) is 1.20. The molecule has 0 aromatic carbocycles. The second kappa shape index (κ2) is 6.93. The minimum atomic E-state index is -1.07. The molecule has 1 aromatic rings. The molecule has 6 heteroatoms. The van der Waals surface area contributed by atoms with Crippen LogP contribution in [0.4, 0.5) is 8.78 Å². The van der Waals surface area contributed by atoms with Crippen LogP contribution in [-0.4, -0.2) is 4.98 Å². The van der Waals surface area contributed by atoms with Crippen LogP contribution in [-0.2, 0) is 0 Å². The van der Waals surface area contributed by atoms with Crippen molar-refractivity contribution in [3.63, 3.8) is 0 Å². The minimum Gasteiger partial charge on any atom is -1.00 e. The summed E-state index contributed by atoms with van der Waals surface area (Å²) in [6, 6.07) is 1.02. The Labute approximate surface area is 129 Å². The van der Waals surface area contributed by atoms with Crippen molar-refractivity contribution in [2.75, 3.05) is 0 Å². The van der Waals surface area contributed by atoms with Gasteiger partial charge in [-0.15, -0.1) is 0 Å². The van der Waals surface area contributed by atoms with E-state index in [1.165, 1.54) is 6.20 Å². The van der Waals surface area contributed by atoms with Crippen LogP contribution in [0.1, 0.15) is 0 Å². The molecule has 0 bridgehead atoms. The summed E-state index contributed by atoms with van der Waals surface area (Å²) in [5.41, 5.74) is 0. The molecule has 0 saturated carbocycles. The summed E-state index contributed by atoms with van der Waals surface area (Å²) in [5, 5.41) is 0. The zero-order valence-corrected chi connectivity index (χ0v) is 13.5. The first-order chi connectivity index (χ1) is 4.20. The van der Waals surface area contributed by atoms with Gasteiger partial charge >= 0.3 is 68.9 Å². The maximum atomic E-state index is 12.1. The van der Waals surface area contributed by atoms with Gasteiger partial charge in [0.2, 0.25) is 5.95 Å². The molecule has 0 radical (unpaired) electrons. The molecule has 0 saturated heterocycles. The van der Waals surface area contributed by atoms with Crippen molar-refractivity contribution in [1.29, 1.82) is 0 Å². The van der Waals surface area contributed by atoms with Crippen molar-refractivity contribution >= 4 is 15.9 Å². The Hall–Kier alpha value is 1.47. The van der Waals surface area contributed by atoms with E-state index in [9.17, 15) is 8.78 Å². The first-order valence-corrected chi connectivity index (χ1v) is 2.96. The standard InChI is InChI=1S/C5H2BrF2N.Cs.FH/c6-3-1-4(7)5(8)9-2-3;;/h1-2H;;1H/q;+1;/p-1. The molecule has 0 spiro atoms. The summed E-state index contributed by atoms with van der Waals surface area (Å²) in [6.07, 6.45) is 1.19. The predicted octanol–water partition coefficient (Wildman–Crippen LogP) is -3.87. The summed E-state index contributed by atoms with van der Waals surface area (Å²) in [6.45, 7) is 0. The van der Waals surface area contributed by atoms with Gasteiger partial charge in [-0.25, -0.2) is 9.37 Å². The summed E-state index contributed by atoms with van der Waals surface area (Å²) in [4.78, 5) is 3.09. The number of pyridine rings is 1. The van der Waals surface area contributed by atoms with Crippen LogP contribution in [0.5, 0.6) is 0 Å². The van der Waals surface area contributed by atoms with Gasteiger partial charge in [-0.3, -0.25) is 0 Å². The molecule has 0 unspecified atom stereocenters. The zero-order chi connectivity index (χ0) is 6.85. The van der Waals surface area contributed by atoms with Gasteiger partial charge in [-0.05, 0) is 22.0 Å². The molecule has 0 aliphatic rings. The summed E-state index contributed by atoms with van der Waals surface area (Å²) >= 11 is 2.93. The molecule has 1 aromatic heterocycles. The Kier molecular flexibility index (Phi) is 9.43. The molecule has 0 aliphatic heterocycles. The summed E-state index contributed by atoms with van der Waals surface area (Å²) in [7, 11) is 0. The Morgan fingerprint density at radius 3 is 2.27 bits per heavy atom. The molecule has 0 atom stereocenters. The number of hydrogen-bond donors (Lipinski definition) is 0. The Morgan fingerprint density at radius 2 is 1.91 bits per heavy atom. The van der Waals surface area contributed by atoms with E-state index >= 15 is 0 Å². The fourth-order valence-corrected chi connectivity index (χ4v) is 0.701. The zero-order valence-electron chi connectivity index (χ0n) is 5.61. The van der Waals surface area contributed by atoms with Crippen molar-refractivity contribution in [1.82, 2.24) is 4.98 Å². The van der Waals surface area contributed by atoms with Crippen LogP contribution < -0.4 is 73.6 Å². The number of rotatable bonds is 0. The first-order valence-electron chi connectivity index (χ1n) is 2.16. The second-order valence-electron chi connectivity index (χ2n) is 1.43. The number of halogens is 4. The molecule has 1 rings (SSSR count). The van der Waals surface area contributed by atoms with Gasteiger partial charge < -0.3 is 4.70 Å². The van der Waals surface area contributed by atoms with Gasteiger partial charge in [0.1, 0.15) is 0 Å². The van der Waals surface area contributed by atoms with E-state index in [2.05, 4.69) is 20.9 Å². The number of hydrogen-bond acceptors (Lipinski definition) is 1. The molecule has 1 nitrogen and oxygen atoms in total. The van der Waals surface area contributed by atoms with Gasteiger partial charge in [0.25, 0.3) is 0 Å². The number of nitrogens with zero attached hydrogens (tertiary/aromatic N) is 1. The van der Waals surface area contributed by atoms with Crippen LogP contribution >= 0.6 is 15.9 Å². The van der Waals surface area contributed by atoms with Crippen LogP contribution in [0.15, 0.2) is 16.7 Å². The Balaban J connectivity index is 0. The van der Waals surface area contributed by atoms with Crippen molar-refractivity contribution in [2.24, 2.45) is 0 Å². The normalized spacial score (nSPS) is 7.91. The molecule has 11 heavy (non-hydrogen) atoms. The summed E-state index contributed by atoms with van der Waals surface area (Å²) in [5.74, 6) is -2.01. The van der Waals surface area contributed by atoms with E-state index in [4.69, 9.17) is 0 Å². The van der Waals surface area contributed by atoms with Gasteiger partial charge in [-0.2, -0.15) is 4.39 Å². The van der Waals surface area contributed by atoms with E-state index in [-0.39, 0.29) is 73.6 Å². The molecule has 56 valence electrons. The van der Waals surface area contributed by atoms with Crippen LogP contribution in [0.25, 0.3) is 0 Å². The van der Waals surface area contributed by atoms with E-state index in [1.807, 2.05) is 0 Å². The number of aromatic nitrogens is 1. The monoisotopic (exact) mass is 345 g/mol. The van der Waals surface area contributed by atoms with E-state index in [0.29, 0.717) is 4.47 Å². The quantitative estimate of drug-likeness (QED) is 0.439. The predicted molar refractivity (Wildman–Crippen MR) is 31.9 cm³/mol. The molecular formula is C5H2BrCsF3N. The third-order valence-electron chi connectivity index (χ3n) is 0.763. The molecule has 0 N–H and O–H groups in total. The molecule has 0 fully saturated rings. The summed E-state index contributed by atoms with van der Waals surface area (Å²) < 4.78 is 24.5. The Morgan fingerprint density at radius 1 is 1.36 bits per heavy atom. The molecular weight excluding hydrogens is 344 g/mol. The van der Waals surface area contributed by atoms with Crippen molar-refractivity contribution in [3.8, 4) is 0 Å². The van der Waals surface area contributed by atoms with Crippen LogP contribution in [0.3, 0.4) is 0 Å². The maximum Gasteiger partial charge on any atom is 1.00 e. The van der Waals surface area contributed by atoms with E-state index in [0.717, 1.165) is 6.07 Å². The van der Waals surface area contributed by atoms with E-state index in [1.54, 1.807) is 0 Å². The average Bonchev–Trinajstić information content (AvgIpc) is 1.80.